The second-order valence-electron chi connectivity index (χ2n) is 8.62. The molecule has 0 radical (unpaired) electrons. The van der Waals surface area contributed by atoms with E-state index in [9.17, 15) is 9.90 Å². The average molecular weight is 356 g/mol. The van der Waals surface area contributed by atoms with Crippen LogP contribution >= 0.6 is 0 Å². The third kappa shape index (κ3) is 2.83. The van der Waals surface area contributed by atoms with Crippen molar-refractivity contribution < 1.29 is 9.90 Å². The fourth-order valence-electron chi connectivity index (χ4n) is 5.51. The van der Waals surface area contributed by atoms with Gasteiger partial charge in [0.05, 0.1) is 12.2 Å². The molecule has 1 saturated carbocycles. The second-order valence-corrected chi connectivity index (χ2v) is 8.62. The van der Waals surface area contributed by atoms with Gasteiger partial charge in [-0.2, -0.15) is 0 Å². The van der Waals surface area contributed by atoms with Crippen molar-refractivity contribution in [3.8, 4) is 0 Å². The summed E-state index contributed by atoms with van der Waals surface area (Å²) in [4.78, 5) is 26.4. The zero-order valence-electron chi connectivity index (χ0n) is 15.3. The Bertz CT molecular complexity index is 661. The SMILES string of the molecule is O=C(c1cnc(C2CC2)nc1)N1C[C@H]2C[C@@H](C1)[C@H](CO)N1CCCC[C@@H]21. The maximum absolute atomic E-state index is 13.1. The van der Waals surface area contributed by atoms with Gasteiger partial charge >= 0.3 is 0 Å². The van der Waals surface area contributed by atoms with E-state index in [1.54, 1.807) is 12.4 Å². The van der Waals surface area contributed by atoms with Crippen LogP contribution in [0.1, 0.15) is 60.6 Å². The Labute approximate surface area is 154 Å². The third-order valence-electron chi connectivity index (χ3n) is 6.96. The van der Waals surface area contributed by atoms with Gasteiger partial charge in [0.25, 0.3) is 5.91 Å². The van der Waals surface area contributed by atoms with Crippen molar-refractivity contribution in [2.45, 2.75) is 56.5 Å². The number of piperidine rings is 3. The molecule has 5 rings (SSSR count). The maximum Gasteiger partial charge on any atom is 0.257 e. The smallest absolute Gasteiger partial charge is 0.257 e. The molecule has 140 valence electrons. The molecule has 1 amide bonds. The lowest BCUT2D eigenvalue weighted by Gasteiger charge is -2.56. The molecule has 3 saturated heterocycles. The lowest BCUT2D eigenvalue weighted by Crippen LogP contribution is -2.65. The van der Waals surface area contributed by atoms with Crippen LogP contribution in [0.4, 0.5) is 0 Å². The van der Waals surface area contributed by atoms with E-state index in [-0.39, 0.29) is 18.6 Å². The van der Waals surface area contributed by atoms with Crippen LogP contribution in [0.25, 0.3) is 0 Å². The lowest BCUT2D eigenvalue weighted by molar-refractivity contribution is -0.0795. The highest BCUT2D eigenvalue weighted by molar-refractivity contribution is 5.93. The number of hydrogen-bond donors (Lipinski definition) is 1. The zero-order valence-corrected chi connectivity index (χ0v) is 15.3. The number of carbonyl (C=O) groups excluding carboxylic acids is 1. The Morgan fingerprint density at radius 3 is 2.62 bits per heavy atom. The topological polar surface area (TPSA) is 69.6 Å². The van der Waals surface area contributed by atoms with E-state index in [0.717, 1.165) is 31.9 Å². The number of aromatic nitrogens is 2. The summed E-state index contributed by atoms with van der Waals surface area (Å²) in [6.07, 6.45) is 10.6. The number of fused-ring (bicyclic) bond motifs is 4. The maximum atomic E-state index is 13.1. The number of aliphatic hydroxyl groups is 1. The first-order valence-corrected chi connectivity index (χ1v) is 10.2. The molecule has 26 heavy (non-hydrogen) atoms. The van der Waals surface area contributed by atoms with Crippen molar-refractivity contribution in [2.75, 3.05) is 26.2 Å². The van der Waals surface area contributed by atoms with E-state index in [2.05, 4.69) is 14.9 Å². The molecule has 3 aliphatic heterocycles. The molecule has 4 heterocycles. The summed E-state index contributed by atoms with van der Waals surface area (Å²) < 4.78 is 0. The van der Waals surface area contributed by atoms with E-state index in [0.29, 0.717) is 29.4 Å². The Kier molecular flexibility index (Phi) is 4.20. The standard InChI is InChI=1S/C20H28N4O2/c25-12-18-15-7-14(17-3-1-2-6-24(17)18)10-23(11-15)20(26)16-8-21-19(22-9-16)13-4-5-13/h8-9,13-15,17-18,25H,1-7,10-12H2/t14-,15+,17+,18+/m1/s1. The molecule has 0 unspecified atom stereocenters. The largest absolute Gasteiger partial charge is 0.395 e. The summed E-state index contributed by atoms with van der Waals surface area (Å²) in [5.74, 6) is 2.37. The van der Waals surface area contributed by atoms with Crippen LogP contribution in [-0.4, -0.2) is 69.1 Å². The zero-order chi connectivity index (χ0) is 17.7. The first kappa shape index (κ1) is 16.6. The third-order valence-corrected chi connectivity index (χ3v) is 6.96. The van der Waals surface area contributed by atoms with Crippen LogP contribution in [0.3, 0.4) is 0 Å². The summed E-state index contributed by atoms with van der Waals surface area (Å²) in [6.45, 7) is 2.88. The minimum atomic E-state index is 0.0583. The van der Waals surface area contributed by atoms with Crippen LogP contribution in [0.2, 0.25) is 0 Å². The highest BCUT2D eigenvalue weighted by Gasteiger charge is 2.47. The van der Waals surface area contributed by atoms with Crippen molar-refractivity contribution in [3.05, 3.63) is 23.8 Å². The average Bonchev–Trinajstić information content (AvgIpc) is 3.53. The quantitative estimate of drug-likeness (QED) is 0.892. The van der Waals surface area contributed by atoms with E-state index in [4.69, 9.17) is 0 Å². The Morgan fingerprint density at radius 1 is 1.12 bits per heavy atom. The molecular formula is C20H28N4O2. The highest BCUT2D eigenvalue weighted by Crippen LogP contribution is 2.41. The minimum Gasteiger partial charge on any atom is -0.395 e. The van der Waals surface area contributed by atoms with E-state index >= 15 is 0 Å². The molecule has 0 spiro atoms. The molecule has 0 aromatic carbocycles. The number of hydrogen-bond acceptors (Lipinski definition) is 5. The summed E-state index contributed by atoms with van der Waals surface area (Å²) in [5, 5.41) is 10.0. The molecule has 1 aromatic heterocycles. The van der Waals surface area contributed by atoms with Gasteiger partial charge < -0.3 is 10.0 Å². The summed E-state index contributed by atoms with van der Waals surface area (Å²) in [5.41, 5.74) is 0.607. The molecule has 6 heteroatoms. The number of amides is 1. The molecule has 2 bridgehead atoms. The van der Waals surface area contributed by atoms with Gasteiger partial charge in [0.1, 0.15) is 5.82 Å². The number of rotatable bonds is 3. The number of nitrogens with zero attached hydrogens (tertiary/aromatic N) is 4. The van der Waals surface area contributed by atoms with E-state index < -0.39 is 0 Å². The van der Waals surface area contributed by atoms with Gasteiger partial charge in [-0.1, -0.05) is 6.42 Å². The summed E-state index contributed by atoms with van der Waals surface area (Å²) in [6, 6.07) is 0.738. The van der Waals surface area contributed by atoms with E-state index in [1.807, 2.05) is 4.90 Å². The molecule has 1 aliphatic carbocycles. The first-order valence-electron chi connectivity index (χ1n) is 10.2. The first-order chi connectivity index (χ1) is 12.7. The minimum absolute atomic E-state index is 0.0583. The lowest BCUT2D eigenvalue weighted by atomic mass is 9.72. The van der Waals surface area contributed by atoms with E-state index in [1.165, 1.54) is 32.1 Å². The van der Waals surface area contributed by atoms with Crippen LogP contribution in [-0.2, 0) is 0 Å². The molecule has 1 aromatic rings. The number of likely N-dealkylation sites (tertiary alicyclic amines) is 1. The van der Waals surface area contributed by atoms with Crippen molar-refractivity contribution in [1.29, 1.82) is 0 Å². The van der Waals surface area contributed by atoms with Crippen molar-refractivity contribution >= 4 is 5.91 Å². The molecule has 1 N–H and O–H groups in total. The fraction of sp³-hybridized carbons (Fsp3) is 0.750. The van der Waals surface area contributed by atoms with Gasteiger partial charge in [-0.3, -0.25) is 9.69 Å². The Morgan fingerprint density at radius 2 is 1.88 bits per heavy atom. The molecule has 4 aliphatic rings. The normalized spacial score (nSPS) is 34.4. The number of carbonyl (C=O) groups is 1. The van der Waals surface area contributed by atoms with Crippen molar-refractivity contribution in [3.63, 3.8) is 0 Å². The molecule has 4 fully saturated rings. The van der Waals surface area contributed by atoms with Gasteiger partial charge in [-0.25, -0.2) is 9.97 Å². The van der Waals surface area contributed by atoms with Crippen molar-refractivity contribution in [2.24, 2.45) is 11.8 Å². The van der Waals surface area contributed by atoms with Crippen LogP contribution < -0.4 is 0 Å². The number of aliphatic hydroxyl groups excluding tert-OH is 1. The fourth-order valence-corrected chi connectivity index (χ4v) is 5.51. The Balaban J connectivity index is 1.34. The van der Waals surface area contributed by atoms with Crippen LogP contribution in [0.5, 0.6) is 0 Å². The summed E-state index contributed by atoms with van der Waals surface area (Å²) in [7, 11) is 0. The molecule has 6 nitrogen and oxygen atoms in total. The van der Waals surface area contributed by atoms with Crippen molar-refractivity contribution in [1.82, 2.24) is 19.8 Å². The molecular weight excluding hydrogens is 328 g/mol. The van der Waals surface area contributed by atoms with Gasteiger partial charge in [0.15, 0.2) is 0 Å². The van der Waals surface area contributed by atoms with Crippen LogP contribution in [0, 0.1) is 11.8 Å². The van der Waals surface area contributed by atoms with Crippen LogP contribution in [0.15, 0.2) is 12.4 Å². The van der Waals surface area contributed by atoms with Gasteiger partial charge in [0.2, 0.25) is 0 Å². The van der Waals surface area contributed by atoms with Gasteiger partial charge in [-0.05, 0) is 50.5 Å². The van der Waals surface area contributed by atoms with Gasteiger partial charge in [-0.15, -0.1) is 0 Å². The van der Waals surface area contributed by atoms with Gasteiger partial charge in [0, 0.05) is 43.5 Å². The molecule has 4 atom stereocenters. The highest BCUT2D eigenvalue weighted by atomic mass is 16.3. The summed E-state index contributed by atoms with van der Waals surface area (Å²) >= 11 is 0. The monoisotopic (exact) mass is 356 g/mol. The predicted molar refractivity (Wildman–Crippen MR) is 96.7 cm³/mol. The Hall–Kier alpha value is -1.53. The predicted octanol–water partition coefficient (Wildman–Crippen LogP) is 1.66. The second kappa shape index (κ2) is 6.57.